The van der Waals surface area contributed by atoms with E-state index in [0.717, 1.165) is 0 Å². The van der Waals surface area contributed by atoms with E-state index in [9.17, 15) is 34.6 Å². The Morgan fingerprint density at radius 2 is 1.84 bits per heavy atom. The van der Waals surface area contributed by atoms with Crippen LogP contribution in [-0.4, -0.2) is 40.0 Å². The first-order chi connectivity index (χ1) is 18.2. The van der Waals surface area contributed by atoms with Gasteiger partial charge in [-0.15, -0.1) is 0 Å². The van der Waals surface area contributed by atoms with Gasteiger partial charge in [0.15, 0.2) is 22.1 Å². The Morgan fingerprint density at radius 1 is 1.08 bits per heavy atom. The molecule has 1 aromatic carbocycles. The molecule has 3 N–H and O–H groups in total. The summed E-state index contributed by atoms with van der Waals surface area (Å²) in [6, 6.07) is 4.93. The van der Waals surface area contributed by atoms with E-state index in [2.05, 4.69) is 5.16 Å². The van der Waals surface area contributed by atoms with E-state index >= 15 is 0 Å². The first-order valence-electron chi connectivity index (χ1n) is 13.1. The third kappa shape index (κ3) is 4.09. The molecule has 0 aliphatic heterocycles. The summed E-state index contributed by atoms with van der Waals surface area (Å²) in [5.74, 6) is -1.20. The molecule has 0 spiro atoms. The summed E-state index contributed by atoms with van der Waals surface area (Å²) in [5, 5.41) is 32.7. The largest absolute Gasteiger partial charge is 0.410 e. The first kappa shape index (κ1) is 26.3. The number of carbonyl (C=O) groups excluding carboxylic acids is 1. The van der Waals surface area contributed by atoms with Crippen LogP contribution in [0.3, 0.4) is 0 Å². The molecule has 0 amide bonds. The Balaban J connectivity index is 1.84. The zero-order valence-corrected chi connectivity index (χ0v) is 21.4. The van der Waals surface area contributed by atoms with Crippen molar-refractivity contribution in [2.45, 2.75) is 70.7 Å². The van der Waals surface area contributed by atoms with Crippen molar-refractivity contribution in [1.29, 1.82) is 0 Å². The molecule has 0 heterocycles. The average Bonchev–Trinajstić information content (AvgIpc) is 2.92. The SMILES string of the molecule is CCc1cccc2c(=O)c3c(=NO)c4c(c(=O)c=3c(=O)c12)[C@@H](O[C@H]1CC[C@H](O)[C@H](C)C1)CC(C(=O)CO)C4. The summed E-state index contributed by atoms with van der Waals surface area (Å²) < 4.78 is 6.39. The predicted octanol–water partition coefficient (Wildman–Crippen LogP) is 1.10. The van der Waals surface area contributed by atoms with Crippen LogP contribution in [0.1, 0.15) is 62.3 Å². The highest BCUT2D eigenvalue weighted by Gasteiger charge is 2.38. The van der Waals surface area contributed by atoms with Crippen LogP contribution >= 0.6 is 0 Å². The molecule has 38 heavy (non-hydrogen) atoms. The number of aryl methyl sites for hydroxylation is 1. The average molecular weight is 522 g/mol. The minimum Gasteiger partial charge on any atom is -0.410 e. The second-order valence-electron chi connectivity index (χ2n) is 10.6. The van der Waals surface area contributed by atoms with E-state index in [4.69, 9.17) is 4.74 Å². The van der Waals surface area contributed by atoms with Gasteiger partial charge in [0.2, 0.25) is 0 Å². The molecule has 9 nitrogen and oxygen atoms in total. The first-order valence-corrected chi connectivity index (χ1v) is 13.1. The van der Waals surface area contributed by atoms with Gasteiger partial charge in [-0.25, -0.2) is 0 Å². The fourth-order valence-electron chi connectivity index (χ4n) is 6.38. The van der Waals surface area contributed by atoms with Crippen molar-refractivity contribution >= 4 is 16.6 Å². The van der Waals surface area contributed by atoms with E-state index in [0.29, 0.717) is 31.2 Å². The number of rotatable bonds is 5. The van der Waals surface area contributed by atoms with Crippen LogP contribution in [0.4, 0.5) is 0 Å². The molecule has 0 bridgehead atoms. The Bertz CT molecular complexity index is 1700. The maximum absolute atomic E-state index is 14.1. The number of aliphatic hydroxyl groups is 2. The molecule has 5 rings (SSSR count). The smallest absolute Gasteiger partial charge is 0.198 e. The minimum absolute atomic E-state index is 0.0203. The highest BCUT2D eigenvalue weighted by atomic mass is 16.5. The number of carbonyl (C=O) groups is 1. The summed E-state index contributed by atoms with van der Waals surface area (Å²) in [6.45, 7) is 3.07. The predicted molar refractivity (Wildman–Crippen MR) is 138 cm³/mol. The monoisotopic (exact) mass is 521 g/mol. The molecule has 4 aliphatic carbocycles. The number of ketones is 1. The van der Waals surface area contributed by atoms with Crippen LogP contribution in [0.15, 0.2) is 37.7 Å². The molecule has 200 valence electrons. The summed E-state index contributed by atoms with van der Waals surface area (Å²) >= 11 is 0. The van der Waals surface area contributed by atoms with E-state index in [1.165, 1.54) is 6.07 Å². The maximum atomic E-state index is 14.1. The second-order valence-corrected chi connectivity index (χ2v) is 10.6. The number of hydrogen-bond acceptors (Lipinski definition) is 9. The molecule has 0 aromatic heterocycles. The van der Waals surface area contributed by atoms with E-state index in [1.807, 2.05) is 13.8 Å². The summed E-state index contributed by atoms with van der Waals surface area (Å²) in [4.78, 5) is 54.1. The Labute approximate surface area is 217 Å². The van der Waals surface area contributed by atoms with Crippen molar-refractivity contribution in [3.05, 3.63) is 81.4 Å². The third-order valence-corrected chi connectivity index (χ3v) is 8.44. The van der Waals surface area contributed by atoms with Gasteiger partial charge in [-0.1, -0.05) is 37.2 Å². The van der Waals surface area contributed by atoms with Gasteiger partial charge >= 0.3 is 0 Å². The molecule has 0 saturated heterocycles. The van der Waals surface area contributed by atoms with Crippen LogP contribution in [0.5, 0.6) is 0 Å². The number of nitrogens with zero attached hydrogens (tertiary/aromatic N) is 1. The van der Waals surface area contributed by atoms with Gasteiger partial charge in [0.25, 0.3) is 0 Å². The van der Waals surface area contributed by atoms with Crippen LogP contribution < -0.4 is 21.6 Å². The fourth-order valence-corrected chi connectivity index (χ4v) is 6.38. The summed E-state index contributed by atoms with van der Waals surface area (Å²) in [5.41, 5.74) is -0.870. The molecular weight excluding hydrogens is 490 g/mol. The lowest BCUT2D eigenvalue weighted by molar-refractivity contribution is -0.129. The summed E-state index contributed by atoms with van der Waals surface area (Å²) in [7, 11) is 0. The van der Waals surface area contributed by atoms with Crippen molar-refractivity contribution in [2.24, 2.45) is 17.0 Å². The van der Waals surface area contributed by atoms with Crippen molar-refractivity contribution in [3.8, 4) is 0 Å². The molecule has 0 radical (unpaired) electrons. The zero-order valence-electron chi connectivity index (χ0n) is 21.4. The number of Topliss-reactive ketones (excluding diaryl/α,β-unsaturated/α-hetero) is 1. The maximum Gasteiger partial charge on any atom is 0.198 e. The van der Waals surface area contributed by atoms with Crippen molar-refractivity contribution in [1.82, 2.24) is 0 Å². The number of hydrogen-bond donors (Lipinski definition) is 3. The lowest BCUT2D eigenvalue weighted by Crippen LogP contribution is -2.42. The number of aliphatic hydroxyl groups excluding tert-OH is 2. The van der Waals surface area contributed by atoms with Gasteiger partial charge < -0.3 is 20.2 Å². The van der Waals surface area contributed by atoms with Gasteiger partial charge in [-0.2, -0.15) is 0 Å². The van der Waals surface area contributed by atoms with Gasteiger partial charge in [-0.05, 0) is 55.6 Å². The highest BCUT2D eigenvalue weighted by Crippen LogP contribution is 2.37. The Morgan fingerprint density at radius 3 is 2.50 bits per heavy atom. The number of fused-ring (bicyclic) bond motifs is 2. The number of benzene rings is 1. The van der Waals surface area contributed by atoms with Crippen molar-refractivity contribution in [3.63, 3.8) is 0 Å². The molecule has 1 saturated carbocycles. The summed E-state index contributed by atoms with van der Waals surface area (Å²) in [6.07, 6.45) is 0.534. The molecular formula is C29H31NO8. The van der Waals surface area contributed by atoms with Gasteiger partial charge in [0, 0.05) is 22.3 Å². The van der Waals surface area contributed by atoms with Gasteiger partial charge in [0.1, 0.15) is 12.0 Å². The van der Waals surface area contributed by atoms with Crippen LogP contribution in [-0.2, 0) is 22.4 Å². The molecule has 4 aliphatic rings. The van der Waals surface area contributed by atoms with E-state index in [-0.39, 0.29) is 62.6 Å². The lowest BCUT2D eigenvalue weighted by Gasteiger charge is -2.36. The normalized spacial score (nSPS) is 26.1. The standard InChI is InChI=1S/C29H31NO8/c1-3-14-5-4-6-17-22(14)28(35)25-24(27(17)34)26(30-37)18-10-15(20(33)12-31)11-21(23(18)29(25)36)38-16-7-8-19(32)13(2)9-16/h4-6,13,15-16,19,21,31-32,37H,3,7-12H2,1-2H3/t13-,15?,16+,19+,21+/m1/s1. The Hall–Kier alpha value is -3.27. The van der Waals surface area contributed by atoms with Gasteiger partial charge in [-0.3, -0.25) is 19.2 Å². The topological polar surface area (TPSA) is 151 Å². The molecule has 9 heteroatoms. The molecule has 5 atom stereocenters. The molecule has 1 fully saturated rings. The van der Waals surface area contributed by atoms with Gasteiger partial charge in [0.05, 0.1) is 28.7 Å². The second kappa shape index (κ2) is 10.1. The minimum atomic E-state index is -0.907. The van der Waals surface area contributed by atoms with Crippen LogP contribution in [0.25, 0.3) is 10.8 Å². The zero-order chi connectivity index (χ0) is 27.3. The lowest BCUT2D eigenvalue weighted by atomic mass is 9.78. The van der Waals surface area contributed by atoms with Crippen LogP contribution in [0, 0.1) is 22.3 Å². The molecule has 1 aromatic rings. The third-order valence-electron chi connectivity index (χ3n) is 8.44. The van der Waals surface area contributed by atoms with Crippen molar-refractivity contribution in [2.75, 3.05) is 6.61 Å². The van der Waals surface area contributed by atoms with E-state index < -0.39 is 46.8 Å². The van der Waals surface area contributed by atoms with Crippen LogP contribution in [0.2, 0.25) is 0 Å². The number of ether oxygens (including phenoxy) is 1. The fraction of sp³-hybridized carbons (Fsp3) is 0.483. The quantitative estimate of drug-likeness (QED) is 0.334. The van der Waals surface area contributed by atoms with E-state index in [1.54, 1.807) is 12.1 Å². The molecule has 1 unspecified atom stereocenters. The Kier molecular flexibility index (Phi) is 7.02. The highest BCUT2D eigenvalue weighted by molar-refractivity contribution is 5.86. The van der Waals surface area contributed by atoms with Crippen molar-refractivity contribution < 1.29 is 25.0 Å².